The van der Waals surface area contributed by atoms with E-state index in [9.17, 15) is 14.7 Å². The number of aromatic hydroxyl groups is 1. The molecule has 0 unspecified atom stereocenters. The molecule has 6 nitrogen and oxygen atoms in total. The minimum Gasteiger partial charge on any atom is -0.504 e. The van der Waals surface area contributed by atoms with Gasteiger partial charge in [-0.05, 0) is 49.2 Å². The van der Waals surface area contributed by atoms with Gasteiger partial charge in [0, 0.05) is 24.3 Å². The van der Waals surface area contributed by atoms with Crippen LogP contribution in [0.15, 0.2) is 48.5 Å². The smallest absolute Gasteiger partial charge is 0.262 e. The van der Waals surface area contributed by atoms with Crippen molar-refractivity contribution in [1.82, 2.24) is 4.90 Å². The first-order chi connectivity index (χ1) is 12.1. The lowest BCUT2D eigenvalue weighted by Crippen LogP contribution is -2.27. The summed E-state index contributed by atoms with van der Waals surface area (Å²) >= 11 is 0. The van der Waals surface area contributed by atoms with Gasteiger partial charge in [-0.2, -0.15) is 0 Å². The van der Waals surface area contributed by atoms with Gasteiger partial charge in [-0.1, -0.05) is 12.1 Å². The number of para-hydroxylation sites is 2. The summed E-state index contributed by atoms with van der Waals surface area (Å²) in [5.74, 6) is -0.0792. The van der Waals surface area contributed by atoms with Gasteiger partial charge in [0.1, 0.15) is 0 Å². The van der Waals surface area contributed by atoms with E-state index >= 15 is 0 Å². The second-order valence-corrected chi connectivity index (χ2v) is 5.88. The highest BCUT2D eigenvalue weighted by atomic mass is 16.5. The van der Waals surface area contributed by atoms with E-state index in [0.717, 1.165) is 25.9 Å². The Balaban J connectivity index is 1.53. The number of phenols is 1. The minimum atomic E-state index is -0.345. The fourth-order valence-corrected chi connectivity index (χ4v) is 2.72. The topological polar surface area (TPSA) is 78.9 Å². The number of rotatable bonds is 5. The number of likely N-dealkylation sites (tertiary alicyclic amines) is 1. The van der Waals surface area contributed by atoms with Crippen molar-refractivity contribution >= 4 is 17.5 Å². The molecule has 1 aliphatic rings. The van der Waals surface area contributed by atoms with E-state index in [-0.39, 0.29) is 29.9 Å². The zero-order valence-electron chi connectivity index (χ0n) is 13.8. The molecule has 2 aromatic carbocycles. The number of amides is 2. The van der Waals surface area contributed by atoms with Crippen LogP contribution in [0.3, 0.4) is 0 Å². The van der Waals surface area contributed by atoms with Gasteiger partial charge in [-0.25, -0.2) is 0 Å². The maximum Gasteiger partial charge on any atom is 0.262 e. The maximum absolute atomic E-state index is 12.3. The lowest BCUT2D eigenvalue weighted by Gasteiger charge is -2.15. The summed E-state index contributed by atoms with van der Waals surface area (Å²) in [6, 6.07) is 13.3. The maximum atomic E-state index is 12.3. The molecule has 1 fully saturated rings. The highest BCUT2D eigenvalue weighted by molar-refractivity contribution is 5.96. The van der Waals surface area contributed by atoms with Crippen LogP contribution >= 0.6 is 0 Å². The Morgan fingerprint density at radius 1 is 1.04 bits per heavy atom. The number of ether oxygens (including phenoxy) is 1. The molecule has 2 amide bonds. The summed E-state index contributed by atoms with van der Waals surface area (Å²) in [6.07, 6.45) is 2.10. The third-order valence-electron chi connectivity index (χ3n) is 4.03. The molecule has 1 heterocycles. The van der Waals surface area contributed by atoms with Gasteiger partial charge < -0.3 is 20.1 Å². The molecule has 1 saturated heterocycles. The van der Waals surface area contributed by atoms with Crippen molar-refractivity contribution in [1.29, 1.82) is 0 Å². The van der Waals surface area contributed by atoms with Gasteiger partial charge in [0.15, 0.2) is 18.1 Å². The largest absolute Gasteiger partial charge is 0.504 e. The number of nitrogens with zero attached hydrogens (tertiary/aromatic N) is 1. The minimum absolute atomic E-state index is 0.0138. The van der Waals surface area contributed by atoms with Crippen molar-refractivity contribution in [3.63, 3.8) is 0 Å². The van der Waals surface area contributed by atoms with Crippen LogP contribution in [0.2, 0.25) is 0 Å². The normalized spacial score (nSPS) is 13.5. The van der Waals surface area contributed by atoms with Crippen LogP contribution in [-0.2, 0) is 4.79 Å². The van der Waals surface area contributed by atoms with E-state index in [2.05, 4.69) is 5.32 Å². The summed E-state index contributed by atoms with van der Waals surface area (Å²) < 4.78 is 5.28. The molecular weight excluding hydrogens is 320 g/mol. The van der Waals surface area contributed by atoms with E-state index in [1.165, 1.54) is 6.07 Å². The Hall–Kier alpha value is -3.02. The number of hydrogen-bond donors (Lipinski definition) is 2. The van der Waals surface area contributed by atoms with E-state index in [0.29, 0.717) is 11.3 Å². The number of benzene rings is 2. The predicted molar refractivity (Wildman–Crippen MR) is 93.8 cm³/mol. The quantitative estimate of drug-likeness (QED) is 0.877. The molecule has 6 heteroatoms. The molecule has 2 aromatic rings. The zero-order chi connectivity index (χ0) is 17.6. The fourth-order valence-electron chi connectivity index (χ4n) is 2.72. The molecular formula is C19H20N2O4. The van der Waals surface area contributed by atoms with Gasteiger partial charge >= 0.3 is 0 Å². The molecule has 3 rings (SSSR count). The van der Waals surface area contributed by atoms with Crippen molar-refractivity contribution in [2.24, 2.45) is 0 Å². The van der Waals surface area contributed by atoms with E-state index in [1.807, 2.05) is 4.90 Å². The number of phenolic OH excluding ortho intramolecular Hbond substituents is 1. The summed E-state index contributed by atoms with van der Waals surface area (Å²) in [4.78, 5) is 26.0. The molecule has 0 bridgehead atoms. The Morgan fingerprint density at radius 3 is 2.40 bits per heavy atom. The van der Waals surface area contributed by atoms with E-state index in [1.54, 1.807) is 42.5 Å². The van der Waals surface area contributed by atoms with Crippen molar-refractivity contribution in [2.75, 3.05) is 25.0 Å². The lowest BCUT2D eigenvalue weighted by molar-refractivity contribution is -0.118. The number of anilines is 1. The number of carbonyl (C=O) groups excluding carboxylic acids is 2. The van der Waals surface area contributed by atoms with Crippen LogP contribution in [0.4, 0.5) is 5.69 Å². The molecule has 2 N–H and O–H groups in total. The first-order valence-corrected chi connectivity index (χ1v) is 8.23. The summed E-state index contributed by atoms with van der Waals surface area (Å²) in [5.41, 5.74) is 1.20. The Labute approximate surface area is 146 Å². The van der Waals surface area contributed by atoms with E-state index in [4.69, 9.17) is 4.74 Å². The molecule has 0 aromatic heterocycles. The molecule has 25 heavy (non-hydrogen) atoms. The number of nitrogens with one attached hydrogen (secondary N) is 1. The second-order valence-electron chi connectivity index (χ2n) is 5.88. The predicted octanol–water partition coefficient (Wildman–Crippen LogP) is 2.65. The first-order valence-electron chi connectivity index (χ1n) is 8.23. The van der Waals surface area contributed by atoms with Crippen LogP contribution < -0.4 is 10.1 Å². The highest BCUT2D eigenvalue weighted by Crippen LogP contribution is 2.24. The SMILES string of the molecule is O=C(COc1ccccc1O)Nc1ccc(C(=O)N2CCCC2)cc1. The van der Waals surface area contributed by atoms with Crippen LogP contribution in [-0.4, -0.2) is 41.5 Å². The second kappa shape index (κ2) is 7.70. The number of carbonyl (C=O) groups is 2. The Bertz CT molecular complexity index is 752. The summed E-state index contributed by atoms with van der Waals surface area (Å²) in [5, 5.41) is 12.3. The monoisotopic (exact) mass is 340 g/mol. The standard InChI is InChI=1S/C19H20N2O4/c22-16-5-1-2-6-17(16)25-13-18(23)20-15-9-7-14(8-10-15)19(24)21-11-3-4-12-21/h1-2,5-10,22H,3-4,11-13H2,(H,20,23). The average molecular weight is 340 g/mol. The van der Waals surface area contributed by atoms with Crippen LogP contribution in [0.5, 0.6) is 11.5 Å². The molecule has 0 atom stereocenters. The number of hydrogen-bond acceptors (Lipinski definition) is 4. The van der Waals surface area contributed by atoms with Gasteiger partial charge in [0.05, 0.1) is 0 Å². The molecule has 1 aliphatic heterocycles. The summed E-state index contributed by atoms with van der Waals surface area (Å²) in [6.45, 7) is 1.40. The first kappa shape index (κ1) is 16.8. The molecule has 0 spiro atoms. The van der Waals surface area contributed by atoms with Crippen molar-refractivity contribution in [3.8, 4) is 11.5 Å². The third kappa shape index (κ3) is 4.29. The molecule has 0 radical (unpaired) electrons. The zero-order valence-corrected chi connectivity index (χ0v) is 13.8. The fraction of sp³-hybridized carbons (Fsp3) is 0.263. The van der Waals surface area contributed by atoms with Crippen molar-refractivity contribution < 1.29 is 19.4 Å². The van der Waals surface area contributed by atoms with Crippen molar-refractivity contribution in [2.45, 2.75) is 12.8 Å². The van der Waals surface area contributed by atoms with Gasteiger partial charge in [-0.3, -0.25) is 9.59 Å². The lowest BCUT2D eigenvalue weighted by atomic mass is 10.2. The van der Waals surface area contributed by atoms with Gasteiger partial charge in [-0.15, -0.1) is 0 Å². The highest BCUT2D eigenvalue weighted by Gasteiger charge is 2.19. The van der Waals surface area contributed by atoms with Crippen LogP contribution in [0, 0.1) is 0 Å². The summed E-state index contributed by atoms with van der Waals surface area (Å²) in [7, 11) is 0. The Morgan fingerprint density at radius 2 is 1.72 bits per heavy atom. The van der Waals surface area contributed by atoms with Crippen LogP contribution in [0.1, 0.15) is 23.2 Å². The molecule has 130 valence electrons. The Kier molecular flexibility index (Phi) is 5.18. The van der Waals surface area contributed by atoms with Crippen molar-refractivity contribution in [3.05, 3.63) is 54.1 Å². The average Bonchev–Trinajstić information content (AvgIpc) is 3.16. The molecule has 0 aliphatic carbocycles. The third-order valence-corrected chi connectivity index (χ3v) is 4.03. The van der Waals surface area contributed by atoms with Crippen LogP contribution in [0.25, 0.3) is 0 Å². The van der Waals surface area contributed by atoms with Gasteiger partial charge in [0.25, 0.3) is 11.8 Å². The van der Waals surface area contributed by atoms with E-state index < -0.39 is 0 Å². The van der Waals surface area contributed by atoms with Gasteiger partial charge in [0.2, 0.25) is 0 Å². The molecule has 0 saturated carbocycles.